The number of ether oxygens (including phenoxy) is 1. The number of fused-ring (bicyclic) bond motifs is 1. The molecular weight excluding hydrogens is 442 g/mol. The number of sulfonamides is 1. The molecular formula is C24H25N3O5S. The molecule has 9 heteroatoms. The average molecular weight is 468 g/mol. The van der Waals surface area contributed by atoms with Crippen molar-refractivity contribution in [1.29, 1.82) is 0 Å². The molecule has 1 fully saturated rings. The van der Waals surface area contributed by atoms with Gasteiger partial charge in [-0.1, -0.05) is 24.3 Å². The maximum Gasteiger partial charge on any atom is 0.338 e. The van der Waals surface area contributed by atoms with Crippen LogP contribution in [0.3, 0.4) is 0 Å². The van der Waals surface area contributed by atoms with E-state index in [1.807, 2.05) is 12.1 Å². The Morgan fingerprint density at radius 3 is 2.58 bits per heavy atom. The Kier molecular flexibility index (Phi) is 6.71. The van der Waals surface area contributed by atoms with E-state index in [1.54, 1.807) is 55.6 Å². The summed E-state index contributed by atoms with van der Waals surface area (Å²) < 4.78 is 32.9. The van der Waals surface area contributed by atoms with Gasteiger partial charge in [0.25, 0.3) is 0 Å². The maximum atomic E-state index is 13.3. The number of piperidine rings is 1. The Bertz CT molecular complexity index is 1280. The number of pyridine rings is 1. The van der Waals surface area contributed by atoms with Crippen LogP contribution in [0.2, 0.25) is 0 Å². The normalized spacial score (nSPS) is 15.3. The monoisotopic (exact) mass is 467 g/mol. The molecule has 33 heavy (non-hydrogen) atoms. The number of anilines is 1. The van der Waals surface area contributed by atoms with Crippen LogP contribution in [0.4, 0.5) is 5.69 Å². The van der Waals surface area contributed by atoms with Crippen molar-refractivity contribution in [1.82, 2.24) is 9.29 Å². The lowest BCUT2D eigenvalue weighted by Crippen LogP contribution is -2.41. The SMILES string of the molecule is CCOC(=O)c1cccc(NC(=O)C2CCN(S(=O)(=O)c3cccc4cccnc34)CC2)c1. The third-order valence-corrected chi connectivity index (χ3v) is 7.61. The highest BCUT2D eigenvalue weighted by atomic mass is 32.2. The van der Waals surface area contributed by atoms with E-state index in [9.17, 15) is 18.0 Å². The first-order chi connectivity index (χ1) is 15.9. The van der Waals surface area contributed by atoms with Gasteiger partial charge in [0.2, 0.25) is 15.9 Å². The highest BCUT2D eigenvalue weighted by molar-refractivity contribution is 7.89. The number of hydrogen-bond donors (Lipinski definition) is 1. The molecule has 8 nitrogen and oxygen atoms in total. The molecule has 0 aliphatic carbocycles. The summed E-state index contributed by atoms with van der Waals surface area (Å²) in [6.07, 6.45) is 2.39. The smallest absolute Gasteiger partial charge is 0.338 e. The molecule has 4 rings (SSSR count). The first kappa shape index (κ1) is 22.9. The van der Waals surface area contributed by atoms with Crippen LogP contribution in [0.15, 0.2) is 65.7 Å². The molecule has 3 aromatic rings. The zero-order valence-corrected chi connectivity index (χ0v) is 19.0. The fraction of sp³-hybridized carbons (Fsp3) is 0.292. The Morgan fingerprint density at radius 2 is 1.82 bits per heavy atom. The van der Waals surface area contributed by atoms with Crippen molar-refractivity contribution >= 4 is 38.5 Å². The molecule has 1 aromatic heterocycles. The number of nitrogens with one attached hydrogen (secondary N) is 1. The largest absolute Gasteiger partial charge is 0.462 e. The van der Waals surface area contributed by atoms with Gasteiger partial charge in [-0.2, -0.15) is 4.31 Å². The van der Waals surface area contributed by atoms with E-state index in [-0.39, 0.29) is 36.4 Å². The van der Waals surface area contributed by atoms with E-state index in [0.717, 1.165) is 5.39 Å². The molecule has 172 valence electrons. The summed E-state index contributed by atoms with van der Waals surface area (Å²) in [6.45, 7) is 2.48. The molecule has 1 aliphatic rings. The van der Waals surface area contributed by atoms with Crippen LogP contribution < -0.4 is 5.32 Å². The van der Waals surface area contributed by atoms with Gasteiger partial charge < -0.3 is 10.1 Å². The number of nitrogens with zero attached hydrogens (tertiary/aromatic N) is 2. The third kappa shape index (κ3) is 4.89. The van der Waals surface area contributed by atoms with Gasteiger partial charge in [0.15, 0.2) is 0 Å². The van der Waals surface area contributed by atoms with E-state index in [0.29, 0.717) is 29.6 Å². The molecule has 2 heterocycles. The highest BCUT2D eigenvalue weighted by Gasteiger charge is 2.33. The van der Waals surface area contributed by atoms with Crippen molar-refractivity contribution in [3.8, 4) is 0 Å². The van der Waals surface area contributed by atoms with Crippen molar-refractivity contribution in [2.75, 3.05) is 25.0 Å². The molecule has 0 radical (unpaired) electrons. The van der Waals surface area contributed by atoms with Crippen molar-refractivity contribution < 1.29 is 22.7 Å². The van der Waals surface area contributed by atoms with Gasteiger partial charge in [0.05, 0.1) is 17.7 Å². The zero-order chi connectivity index (χ0) is 23.4. The fourth-order valence-corrected chi connectivity index (χ4v) is 5.60. The first-order valence-corrected chi connectivity index (χ1v) is 12.3. The number of aromatic nitrogens is 1. The maximum absolute atomic E-state index is 13.3. The van der Waals surface area contributed by atoms with Crippen LogP contribution >= 0.6 is 0 Å². The fourth-order valence-electron chi connectivity index (χ4n) is 3.96. The van der Waals surface area contributed by atoms with Gasteiger partial charge in [-0.15, -0.1) is 0 Å². The topological polar surface area (TPSA) is 106 Å². The van der Waals surface area contributed by atoms with Crippen LogP contribution in [0, 0.1) is 5.92 Å². The standard InChI is InChI=1S/C24H25N3O5S/c1-2-32-24(29)19-7-3-9-20(16-19)26-23(28)18-11-14-27(15-12-18)33(30,31)21-10-4-6-17-8-5-13-25-22(17)21/h3-10,13,16,18H,2,11-12,14-15H2,1H3,(H,26,28). The number of para-hydroxylation sites is 1. The Labute approximate surface area is 192 Å². The van der Waals surface area contributed by atoms with E-state index < -0.39 is 16.0 Å². The second kappa shape index (κ2) is 9.68. The average Bonchev–Trinajstić information content (AvgIpc) is 2.84. The zero-order valence-electron chi connectivity index (χ0n) is 18.2. The molecule has 1 amide bonds. The number of rotatable bonds is 6. The minimum Gasteiger partial charge on any atom is -0.462 e. The number of esters is 1. The summed E-state index contributed by atoms with van der Waals surface area (Å²) in [4.78, 5) is 29.1. The quantitative estimate of drug-likeness (QED) is 0.557. The van der Waals surface area contributed by atoms with E-state index in [2.05, 4.69) is 10.3 Å². The van der Waals surface area contributed by atoms with Crippen LogP contribution in [0.25, 0.3) is 10.9 Å². The Morgan fingerprint density at radius 1 is 1.09 bits per heavy atom. The summed E-state index contributed by atoms with van der Waals surface area (Å²) in [6, 6.07) is 15.3. The lowest BCUT2D eigenvalue weighted by molar-refractivity contribution is -0.120. The van der Waals surface area contributed by atoms with E-state index in [1.165, 1.54) is 4.31 Å². The number of carbonyl (C=O) groups is 2. The van der Waals surface area contributed by atoms with Crippen LogP contribution in [0.5, 0.6) is 0 Å². The summed E-state index contributed by atoms with van der Waals surface area (Å²) >= 11 is 0. The van der Waals surface area contributed by atoms with Gasteiger partial charge in [0, 0.05) is 36.3 Å². The number of benzene rings is 2. The van der Waals surface area contributed by atoms with Gasteiger partial charge in [-0.05, 0) is 50.1 Å². The summed E-state index contributed by atoms with van der Waals surface area (Å²) in [7, 11) is -3.73. The number of carbonyl (C=O) groups excluding carboxylic acids is 2. The van der Waals surface area contributed by atoms with Crippen molar-refractivity contribution in [3.05, 3.63) is 66.4 Å². The van der Waals surface area contributed by atoms with Gasteiger partial charge in [-0.3, -0.25) is 9.78 Å². The van der Waals surface area contributed by atoms with E-state index >= 15 is 0 Å². The molecule has 0 bridgehead atoms. The molecule has 0 unspecified atom stereocenters. The molecule has 0 spiro atoms. The highest BCUT2D eigenvalue weighted by Crippen LogP contribution is 2.28. The summed E-state index contributed by atoms with van der Waals surface area (Å²) in [5.74, 6) is -0.969. The third-order valence-electron chi connectivity index (χ3n) is 5.68. The Hall–Kier alpha value is -3.30. The predicted molar refractivity (Wildman–Crippen MR) is 124 cm³/mol. The second-order valence-corrected chi connectivity index (χ2v) is 9.71. The van der Waals surface area contributed by atoms with Crippen LogP contribution in [0.1, 0.15) is 30.1 Å². The summed E-state index contributed by atoms with van der Waals surface area (Å²) in [5.41, 5.74) is 1.31. The van der Waals surface area contributed by atoms with Gasteiger partial charge >= 0.3 is 5.97 Å². The van der Waals surface area contributed by atoms with Crippen molar-refractivity contribution in [2.45, 2.75) is 24.7 Å². The molecule has 0 saturated carbocycles. The van der Waals surface area contributed by atoms with Crippen molar-refractivity contribution in [2.24, 2.45) is 5.92 Å². The van der Waals surface area contributed by atoms with E-state index in [4.69, 9.17) is 4.74 Å². The summed E-state index contributed by atoms with van der Waals surface area (Å²) in [5, 5.41) is 3.60. The lowest BCUT2D eigenvalue weighted by Gasteiger charge is -2.30. The molecule has 2 aromatic carbocycles. The van der Waals surface area contributed by atoms with Gasteiger partial charge in [-0.25, -0.2) is 13.2 Å². The lowest BCUT2D eigenvalue weighted by atomic mass is 9.97. The predicted octanol–water partition coefficient (Wildman–Crippen LogP) is 3.45. The number of amides is 1. The first-order valence-electron chi connectivity index (χ1n) is 10.8. The van der Waals surface area contributed by atoms with Crippen LogP contribution in [-0.4, -0.2) is 49.3 Å². The molecule has 0 atom stereocenters. The number of hydrogen-bond acceptors (Lipinski definition) is 6. The minimum absolute atomic E-state index is 0.180. The molecule has 1 N–H and O–H groups in total. The van der Waals surface area contributed by atoms with Crippen LogP contribution in [-0.2, 0) is 19.6 Å². The van der Waals surface area contributed by atoms with Gasteiger partial charge in [0.1, 0.15) is 4.90 Å². The molecule has 1 aliphatic heterocycles. The molecule has 1 saturated heterocycles. The van der Waals surface area contributed by atoms with Crippen molar-refractivity contribution in [3.63, 3.8) is 0 Å². The Balaban J connectivity index is 1.42. The minimum atomic E-state index is -3.73. The second-order valence-electron chi connectivity index (χ2n) is 7.80.